The molecule has 1 N–H and O–H groups in total. The third-order valence-corrected chi connectivity index (χ3v) is 4.84. The quantitative estimate of drug-likeness (QED) is 0.805. The number of nitrogens with zero attached hydrogens (tertiary/aromatic N) is 1. The van der Waals surface area contributed by atoms with Gasteiger partial charge in [0.05, 0.1) is 27.4 Å². The van der Waals surface area contributed by atoms with E-state index in [1.54, 1.807) is 12.0 Å². The predicted molar refractivity (Wildman–Crippen MR) is 97.1 cm³/mol. The molecule has 0 aliphatic carbocycles. The summed E-state index contributed by atoms with van der Waals surface area (Å²) in [4.78, 5) is 13.4. The van der Waals surface area contributed by atoms with Gasteiger partial charge in [-0.25, -0.2) is 0 Å². The Bertz CT molecular complexity index is 805. The Morgan fingerprint density at radius 2 is 2.00 bits per heavy atom. The Balaban J connectivity index is 2.08. The van der Waals surface area contributed by atoms with Crippen molar-refractivity contribution in [2.24, 2.45) is 0 Å². The van der Waals surface area contributed by atoms with E-state index < -0.39 is 0 Å². The Labute approximate surface area is 152 Å². The molecule has 0 fully saturated rings. The van der Waals surface area contributed by atoms with Crippen LogP contribution in [0.2, 0.25) is 0 Å². The van der Waals surface area contributed by atoms with E-state index in [0.29, 0.717) is 30.7 Å². The Hall–Kier alpha value is -2.89. The summed E-state index contributed by atoms with van der Waals surface area (Å²) >= 11 is 0. The van der Waals surface area contributed by atoms with Crippen LogP contribution in [-0.4, -0.2) is 44.3 Å². The summed E-state index contributed by atoms with van der Waals surface area (Å²) in [6.07, 6.45) is 2.05. The van der Waals surface area contributed by atoms with Crippen LogP contribution in [0.4, 0.5) is 0 Å². The molecule has 2 aromatic carbocycles. The normalized spacial score (nSPS) is 16.0. The van der Waals surface area contributed by atoms with E-state index in [0.717, 1.165) is 23.3 Å². The summed E-state index contributed by atoms with van der Waals surface area (Å²) in [5.41, 5.74) is 2.69. The standard InChI is InChI=1S/C20H23NO5/c1-24-15-6-4-5-13(9-15)10-16-18-14(7-8-21(16)12-22)11-17(25-2)20(26-3)19(18)23/h4-6,9,11-12,16,23H,7-8,10H2,1-3H3. The molecular formula is C20H23NO5. The fourth-order valence-electron chi connectivity index (χ4n) is 3.56. The number of benzene rings is 2. The Morgan fingerprint density at radius 1 is 1.19 bits per heavy atom. The lowest BCUT2D eigenvalue weighted by molar-refractivity contribution is -0.120. The SMILES string of the molecule is COc1cccc(CC2c3c(cc(OC)c(OC)c3O)CCN2C=O)c1. The molecule has 6 nitrogen and oxygen atoms in total. The van der Waals surface area contributed by atoms with E-state index in [1.807, 2.05) is 30.3 Å². The molecule has 0 spiro atoms. The lowest BCUT2D eigenvalue weighted by atomic mass is 9.87. The number of ether oxygens (including phenoxy) is 3. The van der Waals surface area contributed by atoms with E-state index >= 15 is 0 Å². The fraction of sp³-hybridized carbons (Fsp3) is 0.350. The number of fused-ring (bicyclic) bond motifs is 1. The van der Waals surface area contributed by atoms with Crippen molar-refractivity contribution in [2.45, 2.75) is 18.9 Å². The van der Waals surface area contributed by atoms with Crippen LogP contribution in [0.1, 0.15) is 22.7 Å². The molecule has 1 amide bonds. The number of methoxy groups -OCH3 is 3. The highest BCUT2D eigenvalue weighted by atomic mass is 16.5. The van der Waals surface area contributed by atoms with Crippen LogP contribution in [0.5, 0.6) is 23.0 Å². The van der Waals surface area contributed by atoms with Gasteiger partial charge in [-0.3, -0.25) is 4.79 Å². The van der Waals surface area contributed by atoms with Crippen LogP contribution in [-0.2, 0) is 17.6 Å². The highest BCUT2D eigenvalue weighted by molar-refractivity contribution is 5.62. The summed E-state index contributed by atoms with van der Waals surface area (Å²) in [7, 11) is 4.65. The van der Waals surface area contributed by atoms with Gasteiger partial charge in [-0.15, -0.1) is 0 Å². The van der Waals surface area contributed by atoms with Crippen molar-refractivity contribution in [3.05, 3.63) is 47.0 Å². The highest BCUT2D eigenvalue weighted by Crippen LogP contribution is 2.47. The van der Waals surface area contributed by atoms with Crippen LogP contribution >= 0.6 is 0 Å². The summed E-state index contributed by atoms with van der Waals surface area (Å²) < 4.78 is 16.0. The van der Waals surface area contributed by atoms with Gasteiger partial charge in [-0.1, -0.05) is 12.1 Å². The largest absolute Gasteiger partial charge is 0.504 e. The number of rotatable bonds is 6. The molecule has 0 radical (unpaired) electrons. The van der Waals surface area contributed by atoms with Gasteiger partial charge >= 0.3 is 0 Å². The zero-order valence-corrected chi connectivity index (χ0v) is 15.2. The predicted octanol–water partition coefficient (Wildman–Crippen LogP) is 2.72. The van der Waals surface area contributed by atoms with Crippen LogP contribution in [0, 0.1) is 0 Å². The van der Waals surface area contributed by atoms with Crippen LogP contribution in [0.3, 0.4) is 0 Å². The number of phenols is 1. The third kappa shape index (κ3) is 3.14. The molecular weight excluding hydrogens is 334 g/mol. The van der Waals surface area contributed by atoms with Crippen molar-refractivity contribution in [3.63, 3.8) is 0 Å². The average Bonchev–Trinajstić information content (AvgIpc) is 2.67. The first-order valence-electron chi connectivity index (χ1n) is 8.43. The lowest BCUT2D eigenvalue weighted by Gasteiger charge is -2.36. The average molecular weight is 357 g/mol. The molecule has 1 atom stereocenters. The Morgan fingerprint density at radius 3 is 2.65 bits per heavy atom. The molecule has 0 saturated carbocycles. The van der Waals surface area contributed by atoms with Crippen LogP contribution < -0.4 is 14.2 Å². The second kappa shape index (κ2) is 7.56. The van der Waals surface area contributed by atoms with Crippen molar-refractivity contribution in [3.8, 4) is 23.0 Å². The van der Waals surface area contributed by atoms with E-state index in [-0.39, 0.29) is 17.5 Å². The number of hydrogen-bond acceptors (Lipinski definition) is 5. The number of aromatic hydroxyl groups is 1. The zero-order chi connectivity index (χ0) is 18.7. The minimum atomic E-state index is -0.289. The molecule has 0 bridgehead atoms. The molecule has 0 saturated heterocycles. The van der Waals surface area contributed by atoms with E-state index in [9.17, 15) is 9.90 Å². The molecule has 1 heterocycles. The second-order valence-electron chi connectivity index (χ2n) is 6.20. The van der Waals surface area contributed by atoms with Crippen molar-refractivity contribution in [2.75, 3.05) is 27.9 Å². The monoisotopic (exact) mass is 357 g/mol. The van der Waals surface area contributed by atoms with Gasteiger partial charge in [-0.05, 0) is 42.2 Å². The summed E-state index contributed by atoms with van der Waals surface area (Å²) in [5, 5.41) is 10.8. The van der Waals surface area contributed by atoms with Crippen molar-refractivity contribution >= 4 is 6.41 Å². The molecule has 3 rings (SSSR count). The summed E-state index contributed by atoms with van der Waals surface area (Å²) in [6.45, 7) is 0.583. The van der Waals surface area contributed by atoms with Gasteiger partial charge in [0.15, 0.2) is 11.5 Å². The number of hydrogen-bond donors (Lipinski definition) is 1. The highest BCUT2D eigenvalue weighted by Gasteiger charge is 2.32. The first kappa shape index (κ1) is 17.9. The van der Waals surface area contributed by atoms with Gasteiger partial charge in [0.2, 0.25) is 12.2 Å². The van der Waals surface area contributed by atoms with Crippen molar-refractivity contribution in [1.82, 2.24) is 4.90 Å². The fourth-order valence-corrected chi connectivity index (χ4v) is 3.56. The minimum Gasteiger partial charge on any atom is -0.504 e. The number of carbonyl (C=O) groups is 1. The maximum atomic E-state index is 11.6. The Kier molecular flexibility index (Phi) is 5.21. The topological polar surface area (TPSA) is 68.2 Å². The van der Waals surface area contributed by atoms with Crippen molar-refractivity contribution in [1.29, 1.82) is 0 Å². The zero-order valence-electron chi connectivity index (χ0n) is 15.2. The van der Waals surface area contributed by atoms with Gasteiger partial charge < -0.3 is 24.2 Å². The van der Waals surface area contributed by atoms with Crippen LogP contribution in [0.25, 0.3) is 0 Å². The van der Waals surface area contributed by atoms with E-state index in [4.69, 9.17) is 14.2 Å². The molecule has 2 aromatic rings. The van der Waals surface area contributed by atoms with Crippen molar-refractivity contribution < 1.29 is 24.1 Å². The first-order chi connectivity index (χ1) is 12.6. The van der Waals surface area contributed by atoms with Crippen LogP contribution in [0.15, 0.2) is 30.3 Å². The third-order valence-electron chi connectivity index (χ3n) is 4.84. The number of carbonyl (C=O) groups excluding carboxylic acids is 1. The molecule has 1 aliphatic rings. The minimum absolute atomic E-state index is 0.0290. The maximum absolute atomic E-state index is 11.6. The molecule has 138 valence electrons. The van der Waals surface area contributed by atoms with E-state index in [1.165, 1.54) is 14.2 Å². The molecule has 1 unspecified atom stereocenters. The molecule has 26 heavy (non-hydrogen) atoms. The first-order valence-corrected chi connectivity index (χ1v) is 8.43. The molecule has 6 heteroatoms. The maximum Gasteiger partial charge on any atom is 0.210 e. The van der Waals surface area contributed by atoms with Gasteiger partial charge in [0.25, 0.3) is 0 Å². The summed E-state index contributed by atoms with van der Waals surface area (Å²) in [6, 6.07) is 9.31. The number of phenolic OH excluding ortho intramolecular Hbond substituents is 1. The smallest absolute Gasteiger partial charge is 0.210 e. The lowest BCUT2D eigenvalue weighted by Crippen LogP contribution is -2.35. The summed E-state index contributed by atoms with van der Waals surface area (Å²) in [5.74, 6) is 1.56. The van der Waals surface area contributed by atoms with Gasteiger partial charge in [0, 0.05) is 12.1 Å². The van der Waals surface area contributed by atoms with Gasteiger partial charge in [0.1, 0.15) is 5.75 Å². The molecule has 1 aliphatic heterocycles. The van der Waals surface area contributed by atoms with Gasteiger partial charge in [-0.2, -0.15) is 0 Å². The molecule has 0 aromatic heterocycles. The second-order valence-corrected chi connectivity index (χ2v) is 6.20. The van der Waals surface area contributed by atoms with E-state index in [2.05, 4.69) is 0 Å². The number of amides is 1.